The SMILES string of the molecule is O=C1Nc2cc(Cl)ccc2C1C1CCN(C(=O)C=C2CCC2)CC1. The van der Waals surface area contributed by atoms with E-state index in [2.05, 4.69) is 5.32 Å². The highest BCUT2D eigenvalue weighted by atomic mass is 35.5. The Morgan fingerprint density at radius 1 is 1.25 bits per heavy atom. The second kappa shape index (κ2) is 6.25. The first kappa shape index (κ1) is 15.7. The number of carbonyl (C=O) groups is 2. The fourth-order valence-corrected chi connectivity index (χ4v) is 4.14. The van der Waals surface area contributed by atoms with Crippen LogP contribution in [0.1, 0.15) is 43.6 Å². The molecule has 1 aliphatic carbocycles. The van der Waals surface area contributed by atoms with Crippen LogP contribution in [0, 0.1) is 5.92 Å². The fourth-order valence-electron chi connectivity index (χ4n) is 3.97. The van der Waals surface area contributed by atoms with Crippen LogP contribution in [0.4, 0.5) is 5.69 Å². The molecule has 1 unspecified atom stereocenters. The van der Waals surface area contributed by atoms with E-state index in [1.807, 2.05) is 29.2 Å². The van der Waals surface area contributed by atoms with E-state index in [-0.39, 0.29) is 23.7 Å². The van der Waals surface area contributed by atoms with E-state index < -0.39 is 0 Å². The quantitative estimate of drug-likeness (QED) is 0.831. The third-order valence-corrected chi connectivity index (χ3v) is 5.77. The van der Waals surface area contributed by atoms with E-state index in [4.69, 9.17) is 11.6 Å². The standard InChI is InChI=1S/C19H21ClN2O2/c20-14-4-5-15-16(11-14)21-19(24)18(15)13-6-8-22(9-7-13)17(23)10-12-2-1-3-12/h4-5,10-11,13,18H,1-3,6-9H2,(H,21,24). The minimum Gasteiger partial charge on any atom is -0.339 e. The second-order valence-electron chi connectivity index (χ2n) is 7.02. The average Bonchev–Trinajstić information content (AvgIpc) is 2.85. The molecule has 1 saturated carbocycles. The van der Waals surface area contributed by atoms with E-state index >= 15 is 0 Å². The van der Waals surface area contributed by atoms with Crippen molar-refractivity contribution >= 4 is 29.1 Å². The molecule has 0 aromatic heterocycles. The molecule has 1 atom stereocenters. The van der Waals surface area contributed by atoms with E-state index in [0.717, 1.165) is 50.0 Å². The number of halogens is 1. The maximum Gasteiger partial charge on any atom is 0.246 e. The molecule has 3 aliphatic rings. The first-order valence-electron chi connectivity index (χ1n) is 8.70. The number of anilines is 1. The minimum absolute atomic E-state index is 0.0635. The molecule has 1 aromatic carbocycles. The molecular formula is C19H21ClN2O2. The predicted octanol–water partition coefficient (Wildman–Crippen LogP) is 3.72. The van der Waals surface area contributed by atoms with Crippen molar-refractivity contribution in [3.8, 4) is 0 Å². The van der Waals surface area contributed by atoms with Crippen LogP contribution in [0.15, 0.2) is 29.8 Å². The normalized spacial score (nSPS) is 23.5. The van der Waals surface area contributed by atoms with E-state index in [1.165, 1.54) is 12.0 Å². The van der Waals surface area contributed by atoms with Crippen LogP contribution in [-0.4, -0.2) is 29.8 Å². The zero-order valence-electron chi connectivity index (χ0n) is 13.6. The van der Waals surface area contributed by atoms with Crippen LogP contribution in [0.25, 0.3) is 0 Å². The van der Waals surface area contributed by atoms with Gasteiger partial charge in [-0.1, -0.05) is 23.2 Å². The Labute approximate surface area is 146 Å². The lowest BCUT2D eigenvalue weighted by Gasteiger charge is -2.34. The molecule has 1 N–H and O–H groups in total. The number of fused-ring (bicyclic) bond motifs is 1. The van der Waals surface area contributed by atoms with Gasteiger partial charge in [0.2, 0.25) is 11.8 Å². The molecule has 2 heterocycles. The number of hydrogen-bond donors (Lipinski definition) is 1. The summed E-state index contributed by atoms with van der Waals surface area (Å²) < 4.78 is 0. The molecule has 4 rings (SSSR count). The van der Waals surface area contributed by atoms with Crippen molar-refractivity contribution < 1.29 is 9.59 Å². The number of rotatable bonds is 2. The maximum absolute atomic E-state index is 12.4. The van der Waals surface area contributed by atoms with E-state index in [9.17, 15) is 9.59 Å². The van der Waals surface area contributed by atoms with Gasteiger partial charge in [0.15, 0.2) is 0 Å². The average molecular weight is 345 g/mol. The lowest BCUT2D eigenvalue weighted by atomic mass is 9.80. The molecule has 5 heteroatoms. The molecule has 24 heavy (non-hydrogen) atoms. The third kappa shape index (κ3) is 2.84. The summed E-state index contributed by atoms with van der Waals surface area (Å²) in [4.78, 5) is 26.6. The number of amides is 2. The van der Waals surface area contributed by atoms with Crippen LogP contribution in [0.3, 0.4) is 0 Å². The topological polar surface area (TPSA) is 49.4 Å². The molecule has 2 aliphatic heterocycles. The molecule has 4 nitrogen and oxygen atoms in total. The molecule has 1 saturated heterocycles. The summed E-state index contributed by atoms with van der Waals surface area (Å²) in [5.41, 5.74) is 3.17. The summed E-state index contributed by atoms with van der Waals surface area (Å²) in [5.74, 6) is 0.382. The Morgan fingerprint density at radius 3 is 2.67 bits per heavy atom. The fraction of sp³-hybridized carbons (Fsp3) is 0.474. The van der Waals surface area contributed by atoms with Crippen LogP contribution >= 0.6 is 11.6 Å². The van der Waals surface area contributed by atoms with Crippen LogP contribution < -0.4 is 5.32 Å². The van der Waals surface area contributed by atoms with Gasteiger partial charge in [-0.05, 0) is 55.7 Å². The molecular weight excluding hydrogens is 324 g/mol. The molecule has 1 aromatic rings. The summed E-state index contributed by atoms with van der Waals surface area (Å²) in [6.07, 6.45) is 6.92. The van der Waals surface area contributed by atoms with Gasteiger partial charge in [0.05, 0.1) is 5.92 Å². The molecule has 126 valence electrons. The van der Waals surface area contributed by atoms with Crippen molar-refractivity contribution in [3.63, 3.8) is 0 Å². The Hall–Kier alpha value is -1.81. The Kier molecular flexibility index (Phi) is 4.09. The Bertz CT molecular complexity index is 714. The Morgan fingerprint density at radius 2 is 2.00 bits per heavy atom. The third-order valence-electron chi connectivity index (χ3n) is 5.54. The highest BCUT2D eigenvalue weighted by molar-refractivity contribution is 6.31. The minimum atomic E-state index is -0.112. The number of nitrogens with one attached hydrogen (secondary N) is 1. The smallest absolute Gasteiger partial charge is 0.246 e. The van der Waals surface area contributed by atoms with Gasteiger partial charge >= 0.3 is 0 Å². The summed E-state index contributed by atoms with van der Waals surface area (Å²) in [5, 5.41) is 3.59. The number of carbonyl (C=O) groups excluding carboxylic acids is 2. The highest BCUT2D eigenvalue weighted by Crippen LogP contribution is 2.42. The van der Waals surface area contributed by atoms with Crippen molar-refractivity contribution in [2.24, 2.45) is 5.92 Å². The van der Waals surface area contributed by atoms with Crippen LogP contribution in [-0.2, 0) is 9.59 Å². The van der Waals surface area contributed by atoms with Gasteiger partial charge in [-0.25, -0.2) is 0 Å². The molecule has 2 fully saturated rings. The number of benzene rings is 1. The largest absolute Gasteiger partial charge is 0.339 e. The molecule has 0 bridgehead atoms. The summed E-state index contributed by atoms with van der Waals surface area (Å²) >= 11 is 6.02. The predicted molar refractivity (Wildman–Crippen MR) is 94.1 cm³/mol. The Balaban J connectivity index is 1.43. The first-order chi connectivity index (χ1) is 11.6. The number of nitrogens with zero attached hydrogens (tertiary/aromatic N) is 1. The van der Waals surface area contributed by atoms with Crippen molar-refractivity contribution in [1.29, 1.82) is 0 Å². The van der Waals surface area contributed by atoms with Gasteiger partial charge in [0.1, 0.15) is 0 Å². The van der Waals surface area contributed by atoms with E-state index in [1.54, 1.807) is 0 Å². The van der Waals surface area contributed by atoms with Crippen LogP contribution in [0.2, 0.25) is 5.02 Å². The number of hydrogen-bond acceptors (Lipinski definition) is 2. The number of piperidine rings is 1. The first-order valence-corrected chi connectivity index (χ1v) is 9.08. The monoisotopic (exact) mass is 344 g/mol. The lowest BCUT2D eigenvalue weighted by molar-refractivity contribution is -0.127. The van der Waals surface area contributed by atoms with E-state index in [0.29, 0.717) is 5.02 Å². The summed E-state index contributed by atoms with van der Waals surface area (Å²) in [6, 6.07) is 5.62. The number of likely N-dealkylation sites (tertiary alicyclic amines) is 1. The van der Waals surface area contributed by atoms with Gasteiger partial charge in [0.25, 0.3) is 0 Å². The zero-order chi connectivity index (χ0) is 16.7. The van der Waals surface area contributed by atoms with Crippen molar-refractivity contribution in [3.05, 3.63) is 40.4 Å². The number of allylic oxidation sites excluding steroid dienone is 1. The summed E-state index contributed by atoms with van der Waals surface area (Å²) in [7, 11) is 0. The van der Waals surface area contributed by atoms with Gasteiger partial charge in [-0.15, -0.1) is 0 Å². The summed E-state index contributed by atoms with van der Waals surface area (Å²) in [6.45, 7) is 1.47. The van der Waals surface area contributed by atoms with Crippen molar-refractivity contribution in [2.75, 3.05) is 18.4 Å². The van der Waals surface area contributed by atoms with Crippen LogP contribution in [0.5, 0.6) is 0 Å². The molecule has 0 radical (unpaired) electrons. The molecule has 0 spiro atoms. The maximum atomic E-state index is 12.4. The van der Waals surface area contributed by atoms with Gasteiger partial charge in [0, 0.05) is 29.9 Å². The van der Waals surface area contributed by atoms with Crippen molar-refractivity contribution in [1.82, 2.24) is 4.90 Å². The second-order valence-corrected chi connectivity index (χ2v) is 7.45. The molecule has 2 amide bonds. The van der Waals surface area contributed by atoms with Gasteiger partial charge < -0.3 is 10.2 Å². The zero-order valence-corrected chi connectivity index (χ0v) is 14.3. The van der Waals surface area contributed by atoms with Gasteiger partial charge in [-0.2, -0.15) is 0 Å². The highest BCUT2D eigenvalue weighted by Gasteiger charge is 2.38. The van der Waals surface area contributed by atoms with Gasteiger partial charge in [-0.3, -0.25) is 9.59 Å². The lowest BCUT2D eigenvalue weighted by Crippen LogP contribution is -2.40. The van der Waals surface area contributed by atoms with Crippen molar-refractivity contribution in [2.45, 2.75) is 38.0 Å².